The van der Waals surface area contributed by atoms with Crippen molar-refractivity contribution in [3.05, 3.63) is 46.9 Å². The van der Waals surface area contributed by atoms with Crippen molar-refractivity contribution < 1.29 is 22.4 Å². The van der Waals surface area contributed by atoms with Gasteiger partial charge in [-0.05, 0) is 25.5 Å². The molecule has 142 valence electrons. The molecule has 0 spiro atoms. The van der Waals surface area contributed by atoms with E-state index in [1.54, 1.807) is 19.1 Å². The Morgan fingerprint density at radius 2 is 1.92 bits per heavy atom. The van der Waals surface area contributed by atoms with Crippen LogP contribution in [0.15, 0.2) is 33.6 Å². The van der Waals surface area contributed by atoms with Gasteiger partial charge in [-0.2, -0.15) is 0 Å². The van der Waals surface area contributed by atoms with Gasteiger partial charge in [-0.3, -0.25) is 4.31 Å². The van der Waals surface area contributed by atoms with Crippen LogP contribution in [0.1, 0.15) is 27.4 Å². The van der Waals surface area contributed by atoms with Crippen LogP contribution in [0, 0.1) is 13.8 Å². The number of furan rings is 1. The summed E-state index contributed by atoms with van der Waals surface area (Å²) < 4.78 is 38.3. The Balaban J connectivity index is 0.00000243. The average molecular weight is 401 g/mol. The van der Waals surface area contributed by atoms with Crippen molar-refractivity contribution >= 4 is 34.1 Å². The third-order valence-electron chi connectivity index (χ3n) is 4.21. The van der Waals surface area contributed by atoms with Gasteiger partial charge in [0, 0.05) is 19.6 Å². The van der Waals surface area contributed by atoms with E-state index in [1.807, 2.05) is 12.1 Å². The van der Waals surface area contributed by atoms with Crippen molar-refractivity contribution in [1.82, 2.24) is 5.32 Å². The summed E-state index contributed by atoms with van der Waals surface area (Å²) in [6.07, 6.45) is 0. The van der Waals surface area contributed by atoms with E-state index in [9.17, 15) is 13.2 Å². The Kier molecular flexibility index (Phi) is 6.00. The molecule has 1 N–H and O–H groups in total. The second-order valence-corrected chi connectivity index (χ2v) is 7.59. The highest BCUT2D eigenvalue weighted by atomic mass is 35.5. The fourth-order valence-electron chi connectivity index (χ4n) is 3.10. The Bertz CT molecular complexity index is 923. The van der Waals surface area contributed by atoms with Gasteiger partial charge < -0.3 is 14.5 Å². The van der Waals surface area contributed by atoms with Gasteiger partial charge in [-0.25, -0.2) is 13.2 Å². The van der Waals surface area contributed by atoms with Crippen LogP contribution >= 0.6 is 12.4 Å². The molecule has 2 heterocycles. The number of esters is 1. The molecule has 0 saturated carbocycles. The molecular formula is C17H21ClN2O5S. The van der Waals surface area contributed by atoms with E-state index in [0.717, 1.165) is 5.56 Å². The van der Waals surface area contributed by atoms with Crippen LogP contribution in [0.2, 0.25) is 0 Å². The number of nitrogens with one attached hydrogen (secondary N) is 1. The van der Waals surface area contributed by atoms with Gasteiger partial charge in [-0.1, -0.05) is 18.2 Å². The van der Waals surface area contributed by atoms with E-state index in [1.165, 1.54) is 18.3 Å². The molecule has 26 heavy (non-hydrogen) atoms. The van der Waals surface area contributed by atoms with Gasteiger partial charge in [0.2, 0.25) is 0 Å². The molecule has 0 unspecified atom stereocenters. The molecule has 0 aliphatic carbocycles. The second kappa shape index (κ2) is 7.69. The van der Waals surface area contributed by atoms with Crippen molar-refractivity contribution in [2.24, 2.45) is 0 Å². The van der Waals surface area contributed by atoms with Crippen molar-refractivity contribution in [2.75, 3.05) is 24.5 Å². The standard InChI is InChI=1S/C17H20N2O5S.ClH/c1-11-15(17(20)23-3)16(12(2)24-11)25(21,22)19-9-8-18-10-13-6-4-5-7-14(13)19;/h4-7,18H,8-10H2,1-3H3;1H. The summed E-state index contributed by atoms with van der Waals surface area (Å²) in [6.45, 7) is 4.42. The van der Waals surface area contributed by atoms with Crippen LogP contribution in [0.25, 0.3) is 0 Å². The SMILES string of the molecule is COC(=O)c1c(C)oc(C)c1S(=O)(=O)N1CCNCc2ccccc21.Cl. The molecule has 0 bridgehead atoms. The lowest BCUT2D eigenvalue weighted by Gasteiger charge is -2.24. The number of hydrogen-bond donors (Lipinski definition) is 1. The zero-order valence-corrected chi connectivity index (χ0v) is 16.4. The Labute approximate surface area is 158 Å². The Hall–Kier alpha value is -2.03. The lowest BCUT2D eigenvalue weighted by atomic mass is 10.2. The fraction of sp³-hybridized carbons (Fsp3) is 0.353. The molecule has 0 radical (unpaired) electrons. The molecule has 2 aromatic rings. The molecule has 1 aromatic heterocycles. The van der Waals surface area contributed by atoms with E-state index < -0.39 is 16.0 Å². The highest BCUT2D eigenvalue weighted by Gasteiger charge is 2.37. The van der Waals surface area contributed by atoms with E-state index in [2.05, 4.69) is 5.32 Å². The number of nitrogens with zero attached hydrogens (tertiary/aromatic N) is 1. The molecule has 1 aliphatic rings. The number of para-hydroxylation sites is 1. The number of carbonyl (C=O) groups is 1. The van der Waals surface area contributed by atoms with Crippen LogP contribution in [0.5, 0.6) is 0 Å². The first-order valence-corrected chi connectivity index (χ1v) is 9.31. The maximum absolute atomic E-state index is 13.4. The average Bonchev–Trinajstić information content (AvgIpc) is 2.76. The van der Waals surface area contributed by atoms with Gasteiger partial charge in [0.05, 0.1) is 12.8 Å². The van der Waals surface area contributed by atoms with E-state index in [4.69, 9.17) is 9.15 Å². The predicted octanol–water partition coefficient (Wildman–Crippen LogP) is 2.40. The number of halogens is 1. The van der Waals surface area contributed by atoms with Gasteiger partial charge in [0.25, 0.3) is 10.0 Å². The number of aryl methyl sites for hydroxylation is 2. The number of hydrogen-bond acceptors (Lipinski definition) is 6. The Morgan fingerprint density at radius 1 is 1.23 bits per heavy atom. The predicted molar refractivity (Wildman–Crippen MR) is 99.5 cm³/mol. The quantitative estimate of drug-likeness (QED) is 0.796. The second-order valence-electron chi connectivity index (χ2n) is 5.79. The molecule has 3 rings (SSSR count). The van der Waals surface area contributed by atoms with Gasteiger partial charge in [0.1, 0.15) is 22.0 Å². The minimum Gasteiger partial charge on any atom is -0.465 e. The fourth-order valence-corrected chi connectivity index (χ4v) is 4.98. The largest absolute Gasteiger partial charge is 0.465 e. The zero-order valence-electron chi connectivity index (χ0n) is 14.7. The molecule has 0 fully saturated rings. The topological polar surface area (TPSA) is 88.8 Å². The van der Waals surface area contributed by atoms with Crippen molar-refractivity contribution in [3.63, 3.8) is 0 Å². The minimum atomic E-state index is -4.00. The Morgan fingerprint density at radius 3 is 2.62 bits per heavy atom. The summed E-state index contributed by atoms with van der Waals surface area (Å²) in [7, 11) is -2.78. The molecule has 1 aliphatic heterocycles. The zero-order chi connectivity index (χ0) is 18.2. The lowest BCUT2D eigenvalue weighted by molar-refractivity contribution is 0.0595. The molecular weight excluding hydrogens is 380 g/mol. The van der Waals surface area contributed by atoms with E-state index in [0.29, 0.717) is 18.8 Å². The molecule has 0 amide bonds. The summed E-state index contributed by atoms with van der Waals surface area (Å²) in [4.78, 5) is 12.0. The summed E-state index contributed by atoms with van der Waals surface area (Å²) in [6, 6.07) is 7.30. The smallest absolute Gasteiger partial charge is 0.342 e. The maximum atomic E-state index is 13.4. The molecule has 9 heteroatoms. The minimum absolute atomic E-state index is 0. The number of ether oxygens (including phenoxy) is 1. The lowest BCUT2D eigenvalue weighted by Crippen LogP contribution is -2.35. The highest BCUT2D eigenvalue weighted by molar-refractivity contribution is 7.93. The number of carbonyl (C=O) groups excluding carboxylic acids is 1. The highest BCUT2D eigenvalue weighted by Crippen LogP contribution is 2.34. The van der Waals surface area contributed by atoms with Crippen LogP contribution in [0.3, 0.4) is 0 Å². The number of rotatable bonds is 3. The first-order chi connectivity index (χ1) is 11.9. The molecule has 0 saturated heterocycles. The summed E-state index contributed by atoms with van der Waals surface area (Å²) in [5, 5.41) is 3.20. The summed E-state index contributed by atoms with van der Waals surface area (Å²) in [5.41, 5.74) is 1.43. The number of anilines is 1. The van der Waals surface area contributed by atoms with Crippen molar-refractivity contribution in [2.45, 2.75) is 25.3 Å². The van der Waals surface area contributed by atoms with Crippen LogP contribution in [0.4, 0.5) is 5.69 Å². The van der Waals surface area contributed by atoms with Crippen molar-refractivity contribution in [1.29, 1.82) is 0 Å². The van der Waals surface area contributed by atoms with E-state index >= 15 is 0 Å². The van der Waals surface area contributed by atoms with Gasteiger partial charge in [-0.15, -0.1) is 12.4 Å². The summed E-state index contributed by atoms with van der Waals surface area (Å²) in [5.74, 6) is -0.328. The molecule has 7 nitrogen and oxygen atoms in total. The normalized spacial score (nSPS) is 14.2. The third-order valence-corrected chi connectivity index (χ3v) is 6.18. The summed E-state index contributed by atoms with van der Waals surface area (Å²) >= 11 is 0. The monoisotopic (exact) mass is 400 g/mol. The maximum Gasteiger partial charge on any atom is 0.342 e. The van der Waals surface area contributed by atoms with Crippen molar-refractivity contribution in [3.8, 4) is 0 Å². The number of fused-ring (bicyclic) bond motifs is 1. The first kappa shape index (κ1) is 20.3. The first-order valence-electron chi connectivity index (χ1n) is 7.87. The van der Waals surface area contributed by atoms with Crippen LogP contribution in [-0.4, -0.2) is 34.6 Å². The van der Waals surface area contributed by atoms with Crippen LogP contribution < -0.4 is 9.62 Å². The van der Waals surface area contributed by atoms with Crippen LogP contribution in [-0.2, 0) is 21.3 Å². The van der Waals surface area contributed by atoms with E-state index in [-0.39, 0.29) is 40.9 Å². The van der Waals surface area contributed by atoms with Gasteiger partial charge >= 0.3 is 5.97 Å². The number of sulfonamides is 1. The number of benzene rings is 1. The molecule has 0 atom stereocenters. The molecule has 1 aromatic carbocycles. The number of methoxy groups -OCH3 is 1. The third kappa shape index (κ3) is 3.32. The van der Waals surface area contributed by atoms with Gasteiger partial charge in [0.15, 0.2) is 0 Å².